The number of hydrogen-bond acceptors (Lipinski definition) is 9. The molecule has 53 heavy (non-hydrogen) atoms. The van der Waals surface area contributed by atoms with E-state index in [-0.39, 0.29) is 40.7 Å². The van der Waals surface area contributed by atoms with Crippen LogP contribution >= 0.6 is 11.6 Å². The van der Waals surface area contributed by atoms with Gasteiger partial charge < -0.3 is 9.84 Å². The zero-order valence-electron chi connectivity index (χ0n) is 28.6. The third-order valence-corrected chi connectivity index (χ3v) is 11.6. The van der Waals surface area contributed by atoms with Crippen LogP contribution in [0.15, 0.2) is 103 Å². The maximum absolute atomic E-state index is 15.3. The molecule has 0 radical (unpaired) electrons. The number of phenols is 1. The van der Waals surface area contributed by atoms with Gasteiger partial charge in [0.2, 0.25) is 11.8 Å². The van der Waals surface area contributed by atoms with Crippen LogP contribution < -0.4 is 15.1 Å². The summed E-state index contributed by atoms with van der Waals surface area (Å²) in [5, 5.41) is 23.1. The number of carbonyl (C=O) groups is 4. The van der Waals surface area contributed by atoms with E-state index in [9.17, 15) is 29.6 Å². The minimum atomic E-state index is -1.54. The van der Waals surface area contributed by atoms with Crippen LogP contribution in [0.5, 0.6) is 11.5 Å². The molecule has 268 valence electrons. The Hall–Kier alpha value is -6.01. The molecule has 4 aromatic rings. The number of aromatic hydroxyl groups is 1. The van der Waals surface area contributed by atoms with Crippen molar-refractivity contribution in [2.75, 3.05) is 17.4 Å². The minimum Gasteiger partial charge on any atom is -0.503 e. The lowest BCUT2D eigenvalue weighted by molar-refractivity contribution is -0.384. The molecule has 13 heteroatoms. The predicted molar refractivity (Wildman–Crippen MR) is 194 cm³/mol. The van der Waals surface area contributed by atoms with E-state index in [4.69, 9.17) is 16.3 Å². The van der Waals surface area contributed by atoms with Gasteiger partial charge in [-0.05, 0) is 73.2 Å². The largest absolute Gasteiger partial charge is 0.503 e. The average Bonchev–Trinajstić information content (AvgIpc) is 3.54. The summed E-state index contributed by atoms with van der Waals surface area (Å²) in [4.78, 5) is 70.4. The lowest BCUT2D eigenvalue weighted by atomic mass is 9.49. The lowest BCUT2D eigenvalue weighted by Gasteiger charge is -2.50. The maximum Gasteiger partial charge on any atom is 0.269 e. The van der Waals surface area contributed by atoms with Gasteiger partial charge in [0.1, 0.15) is 0 Å². The molecule has 4 amide bonds. The van der Waals surface area contributed by atoms with Crippen molar-refractivity contribution < 1.29 is 33.9 Å². The summed E-state index contributed by atoms with van der Waals surface area (Å²) in [6, 6.07) is 24.7. The van der Waals surface area contributed by atoms with Crippen LogP contribution in [0.1, 0.15) is 35.4 Å². The van der Waals surface area contributed by atoms with Gasteiger partial charge in [0.05, 0.1) is 51.6 Å². The van der Waals surface area contributed by atoms with Crippen LogP contribution in [0.25, 0.3) is 0 Å². The number of nitrogens with zero attached hydrogens (tertiary/aromatic N) is 3. The highest BCUT2D eigenvalue weighted by molar-refractivity contribution is 6.32. The Labute approximate surface area is 308 Å². The first kappa shape index (κ1) is 34.1. The van der Waals surface area contributed by atoms with Crippen molar-refractivity contribution in [3.63, 3.8) is 0 Å². The summed E-state index contributed by atoms with van der Waals surface area (Å²) in [6.45, 7) is 1.93. The molecule has 3 fully saturated rings. The fraction of sp³-hybridized carbons (Fsp3) is 0.250. The predicted octanol–water partition coefficient (Wildman–Crippen LogP) is 6.46. The molecule has 6 atom stereocenters. The number of anilines is 2. The van der Waals surface area contributed by atoms with E-state index < -0.39 is 63.6 Å². The first-order chi connectivity index (χ1) is 25.5. The molecule has 0 bridgehead atoms. The number of rotatable bonds is 7. The summed E-state index contributed by atoms with van der Waals surface area (Å²) in [5.74, 6) is -6.35. The Kier molecular flexibility index (Phi) is 8.10. The second-order valence-electron chi connectivity index (χ2n) is 13.9. The third-order valence-electron chi connectivity index (χ3n) is 11.3. The van der Waals surface area contributed by atoms with Crippen LogP contribution in [0.3, 0.4) is 0 Å². The number of amides is 4. The van der Waals surface area contributed by atoms with Crippen LogP contribution in [0, 0.1) is 40.7 Å². The number of halogens is 1. The highest BCUT2D eigenvalue weighted by atomic mass is 35.5. The molecule has 1 saturated carbocycles. The molecule has 12 nitrogen and oxygen atoms in total. The number of allylic oxidation sites excluding steroid dienone is 2. The number of nitro benzene ring substituents is 1. The van der Waals surface area contributed by atoms with E-state index in [0.29, 0.717) is 22.4 Å². The molecule has 2 heterocycles. The number of nitro groups is 1. The van der Waals surface area contributed by atoms with Crippen molar-refractivity contribution in [2.24, 2.45) is 23.7 Å². The molecule has 8 rings (SSSR count). The number of nitrogens with one attached hydrogen (secondary N) is 1. The number of carbonyl (C=O) groups excluding carboxylic acids is 4. The number of hydrazine groups is 1. The zero-order valence-corrected chi connectivity index (χ0v) is 29.3. The van der Waals surface area contributed by atoms with Crippen molar-refractivity contribution >= 4 is 52.3 Å². The summed E-state index contributed by atoms with van der Waals surface area (Å²) in [7, 11) is 1.38. The first-order valence-corrected chi connectivity index (χ1v) is 17.5. The van der Waals surface area contributed by atoms with Crippen molar-refractivity contribution in [2.45, 2.75) is 31.1 Å². The van der Waals surface area contributed by atoms with E-state index in [1.165, 1.54) is 31.4 Å². The number of hydrogen-bond donors (Lipinski definition) is 2. The highest BCUT2D eigenvalue weighted by Gasteiger charge is 2.70. The van der Waals surface area contributed by atoms with Gasteiger partial charge in [0.25, 0.3) is 17.5 Å². The average molecular weight is 733 g/mol. The number of methoxy groups -OCH3 is 1. The van der Waals surface area contributed by atoms with Crippen molar-refractivity contribution in [1.82, 2.24) is 5.01 Å². The second-order valence-corrected chi connectivity index (χ2v) is 14.3. The summed E-state index contributed by atoms with van der Waals surface area (Å²) in [5.41, 5.74) is 4.82. The minimum absolute atomic E-state index is 0.0293. The van der Waals surface area contributed by atoms with Crippen LogP contribution in [-0.4, -0.2) is 45.8 Å². The topological polar surface area (TPSA) is 159 Å². The molecule has 2 aliphatic heterocycles. The van der Waals surface area contributed by atoms with Crippen molar-refractivity contribution in [3.05, 3.63) is 134 Å². The molecule has 2 saturated heterocycles. The maximum atomic E-state index is 15.3. The molecule has 4 aliphatic rings. The van der Waals surface area contributed by atoms with Crippen molar-refractivity contribution in [1.29, 1.82) is 0 Å². The molecule has 0 aromatic heterocycles. The summed E-state index contributed by atoms with van der Waals surface area (Å²) >= 11 is 6.62. The monoisotopic (exact) mass is 732 g/mol. The number of non-ortho nitro benzene ring substituents is 1. The number of phenolic OH excluding ortho intramolecular Hbond substituents is 1. The molecule has 2 aliphatic carbocycles. The van der Waals surface area contributed by atoms with Gasteiger partial charge >= 0.3 is 0 Å². The van der Waals surface area contributed by atoms with E-state index in [1.54, 1.807) is 36.4 Å². The first-order valence-electron chi connectivity index (χ1n) is 17.1. The van der Waals surface area contributed by atoms with Gasteiger partial charge in [-0.1, -0.05) is 71.3 Å². The Morgan fingerprint density at radius 1 is 0.925 bits per heavy atom. The van der Waals surface area contributed by atoms with Crippen LogP contribution in [0.4, 0.5) is 17.1 Å². The Bertz CT molecular complexity index is 2240. The van der Waals surface area contributed by atoms with E-state index >= 15 is 4.79 Å². The number of benzene rings is 4. The van der Waals surface area contributed by atoms with Gasteiger partial charge in [0.15, 0.2) is 11.5 Å². The molecule has 2 N–H and O–H groups in total. The van der Waals surface area contributed by atoms with E-state index in [1.807, 2.05) is 43.3 Å². The second kappa shape index (κ2) is 12.6. The van der Waals surface area contributed by atoms with Gasteiger partial charge in [-0.2, -0.15) is 5.01 Å². The normalized spacial score (nSPS) is 26.2. The van der Waals surface area contributed by atoms with Crippen LogP contribution in [0.2, 0.25) is 5.02 Å². The zero-order chi connectivity index (χ0) is 37.3. The quantitative estimate of drug-likeness (QED) is 0.0941. The molecular weight excluding hydrogens is 700 g/mol. The van der Waals surface area contributed by atoms with E-state index in [0.717, 1.165) is 15.5 Å². The summed E-state index contributed by atoms with van der Waals surface area (Å²) in [6.07, 6.45) is 2.15. The molecular formula is C40H33ClN4O8. The van der Waals surface area contributed by atoms with Gasteiger partial charge in [0, 0.05) is 18.1 Å². The molecule has 6 unspecified atom stereocenters. The van der Waals surface area contributed by atoms with E-state index in [2.05, 4.69) is 5.43 Å². The molecule has 4 aromatic carbocycles. The van der Waals surface area contributed by atoms with Gasteiger partial charge in [-0.25, -0.2) is 0 Å². The fourth-order valence-corrected chi connectivity index (χ4v) is 9.24. The smallest absolute Gasteiger partial charge is 0.269 e. The number of ether oxygens (including phenoxy) is 1. The Morgan fingerprint density at radius 3 is 2.28 bits per heavy atom. The Morgan fingerprint density at radius 2 is 1.62 bits per heavy atom. The summed E-state index contributed by atoms with van der Waals surface area (Å²) < 4.78 is 5.51. The standard InChI is InChI=1S/C40H33ClN4O8/c1-21-8-10-24(11-9-21)42-44-37(48)30-20-29-27(16-17-28-33(29)38(49)43(36(28)47)25-12-14-26(15-13-25)45(51)52)34(22-18-31(41)35(46)32(19-22)53-2)40(30,39(44)50)23-6-4-3-5-7-23/h3-16,18-19,28-30,33-34,42,46H,17,20H2,1-2H3. The highest BCUT2D eigenvalue weighted by Crippen LogP contribution is 2.64. The number of aryl methyl sites for hydroxylation is 1. The lowest BCUT2D eigenvalue weighted by Crippen LogP contribution is -2.53. The SMILES string of the molecule is COc1cc(C2C3=CCC4C(=O)N(c5ccc([N+](=O)[O-])cc5)C(=O)C4C3CC3C(=O)N(Nc4ccc(C)cc4)C(=O)C32c2ccccc2)cc(Cl)c1O. The van der Waals surface area contributed by atoms with Gasteiger partial charge in [-0.15, -0.1) is 0 Å². The number of fused-ring (bicyclic) bond motifs is 4. The van der Waals surface area contributed by atoms with Crippen LogP contribution in [-0.2, 0) is 24.6 Å². The fourth-order valence-electron chi connectivity index (χ4n) is 9.02. The van der Waals surface area contributed by atoms with Gasteiger partial charge in [-0.3, -0.25) is 39.6 Å². The molecule has 0 spiro atoms. The Balaban J connectivity index is 1.32. The third kappa shape index (κ3) is 5.03. The number of imide groups is 2. The van der Waals surface area contributed by atoms with Crippen molar-refractivity contribution in [3.8, 4) is 11.5 Å².